The number of nitrogens with zero attached hydrogens (tertiary/aromatic N) is 1. The monoisotopic (exact) mass is 316 g/mol. The number of nitrogens with two attached hydrogens (primary N) is 1. The predicted octanol–water partition coefficient (Wildman–Crippen LogP) is 4.01. The Balaban J connectivity index is 2.34. The van der Waals surface area contributed by atoms with Crippen LogP contribution in [0.5, 0.6) is 11.6 Å². The molecule has 2 N–H and O–H groups in total. The number of hydrogen-bond donors (Lipinski definition) is 1. The molecule has 0 unspecified atom stereocenters. The lowest BCUT2D eigenvalue weighted by Gasteiger charge is -2.08. The lowest BCUT2D eigenvalue weighted by Crippen LogP contribution is -1.95. The fourth-order valence-corrected chi connectivity index (χ4v) is 1.64. The van der Waals surface area contributed by atoms with Gasteiger partial charge in [0, 0.05) is 21.8 Å². The van der Waals surface area contributed by atoms with E-state index >= 15 is 0 Å². The quantitative estimate of drug-likeness (QED) is 0.851. The second-order valence-corrected chi connectivity index (χ2v) is 4.58. The summed E-state index contributed by atoms with van der Waals surface area (Å²) in [7, 11) is 0. The van der Waals surface area contributed by atoms with Crippen LogP contribution in [0.3, 0.4) is 0 Å². The van der Waals surface area contributed by atoms with E-state index in [9.17, 15) is 4.39 Å². The smallest absolute Gasteiger partial charge is 0.256 e. The molecule has 0 radical (unpaired) electrons. The Morgan fingerprint density at radius 2 is 2.12 bits per heavy atom. The molecule has 3 nitrogen and oxygen atoms in total. The lowest BCUT2D eigenvalue weighted by molar-refractivity contribution is 0.424. The number of rotatable bonds is 2. The maximum Gasteiger partial charge on any atom is 0.256 e. The highest BCUT2D eigenvalue weighted by atomic mass is 79.9. The highest BCUT2D eigenvalue weighted by Gasteiger charge is 2.09. The number of anilines is 1. The van der Waals surface area contributed by atoms with E-state index in [2.05, 4.69) is 20.9 Å². The van der Waals surface area contributed by atoms with E-state index in [4.69, 9.17) is 22.1 Å². The summed E-state index contributed by atoms with van der Waals surface area (Å²) in [6.07, 6.45) is 1.43. The molecule has 1 aromatic carbocycles. The average Bonchev–Trinajstić information content (AvgIpc) is 2.27. The van der Waals surface area contributed by atoms with E-state index in [1.807, 2.05) is 0 Å². The molecule has 0 spiro atoms. The van der Waals surface area contributed by atoms with Crippen molar-refractivity contribution in [3.8, 4) is 11.6 Å². The zero-order valence-corrected chi connectivity index (χ0v) is 10.8. The van der Waals surface area contributed by atoms with Crippen molar-refractivity contribution in [2.45, 2.75) is 0 Å². The fraction of sp³-hybridized carbons (Fsp3) is 0. The van der Waals surface area contributed by atoms with Gasteiger partial charge in [-0.05, 0) is 34.1 Å². The van der Waals surface area contributed by atoms with Crippen LogP contribution in [-0.2, 0) is 0 Å². The van der Waals surface area contributed by atoms with Crippen molar-refractivity contribution in [3.05, 3.63) is 45.8 Å². The number of halogens is 3. The molecular formula is C11H7BrClFN2O. The van der Waals surface area contributed by atoms with Crippen molar-refractivity contribution in [1.82, 2.24) is 4.98 Å². The van der Waals surface area contributed by atoms with Gasteiger partial charge in [-0.15, -0.1) is 0 Å². The molecule has 88 valence electrons. The first-order valence-electron chi connectivity index (χ1n) is 4.60. The predicted molar refractivity (Wildman–Crippen MR) is 67.8 cm³/mol. The van der Waals surface area contributed by atoms with Gasteiger partial charge in [0.25, 0.3) is 5.88 Å². The van der Waals surface area contributed by atoms with E-state index in [1.54, 1.807) is 12.1 Å². The first kappa shape index (κ1) is 12.1. The summed E-state index contributed by atoms with van der Waals surface area (Å²) < 4.78 is 19.3. The van der Waals surface area contributed by atoms with E-state index in [0.29, 0.717) is 15.2 Å². The summed E-state index contributed by atoms with van der Waals surface area (Å²) in [6.45, 7) is 0. The maximum absolute atomic E-state index is 13.5. The molecule has 0 aliphatic rings. The number of nitrogen functional groups attached to an aromatic ring is 1. The van der Waals surface area contributed by atoms with Crippen molar-refractivity contribution in [3.63, 3.8) is 0 Å². The molecule has 6 heteroatoms. The summed E-state index contributed by atoms with van der Waals surface area (Å²) >= 11 is 8.89. The van der Waals surface area contributed by atoms with Crippen molar-refractivity contribution in [1.29, 1.82) is 0 Å². The van der Waals surface area contributed by atoms with E-state index < -0.39 is 5.82 Å². The minimum absolute atomic E-state index is 0.151. The van der Waals surface area contributed by atoms with Gasteiger partial charge in [0.1, 0.15) is 0 Å². The first-order valence-corrected chi connectivity index (χ1v) is 5.77. The second kappa shape index (κ2) is 4.89. The molecule has 0 aliphatic carbocycles. The number of pyridine rings is 1. The molecule has 0 aliphatic heterocycles. The van der Waals surface area contributed by atoms with Crippen LogP contribution < -0.4 is 10.5 Å². The maximum atomic E-state index is 13.5. The lowest BCUT2D eigenvalue weighted by atomic mass is 10.3. The van der Waals surface area contributed by atoms with E-state index in [0.717, 1.165) is 0 Å². The molecule has 17 heavy (non-hydrogen) atoms. The van der Waals surface area contributed by atoms with Gasteiger partial charge < -0.3 is 10.5 Å². The highest BCUT2D eigenvalue weighted by molar-refractivity contribution is 9.10. The minimum Gasteiger partial charge on any atom is -0.434 e. The second-order valence-electron chi connectivity index (χ2n) is 3.22. The molecule has 0 atom stereocenters. The Morgan fingerprint density at radius 1 is 1.35 bits per heavy atom. The average molecular weight is 318 g/mol. The van der Waals surface area contributed by atoms with Crippen LogP contribution in [0.1, 0.15) is 0 Å². The molecule has 2 aromatic rings. The van der Waals surface area contributed by atoms with Crippen LogP contribution in [0.2, 0.25) is 5.02 Å². The van der Waals surface area contributed by atoms with Gasteiger partial charge in [-0.25, -0.2) is 9.37 Å². The summed E-state index contributed by atoms with van der Waals surface area (Å²) in [5.74, 6) is -0.466. The van der Waals surface area contributed by atoms with Gasteiger partial charge in [-0.3, -0.25) is 0 Å². The largest absolute Gasteiger partial charge is 0.434 e. The number of benzene rings is 1. The molecule has 1 heterocycles. The number of hydrogen-bond acceptors (Lipinski definition) is 3. The van der Waals surface area contributed by atoms with Crippen LogP contribution in [0, 0.1) is 5.82 Å². The van der Waals surface area contributed by atoms with Crippen LogP contribution in [-0.4, -0.2) is 4.98 Å². The Labute approximate surface area is 110 Å². The SMILES string of the molecule is Nc1ccc(Cl)cc1Oc1ncc(Br)cc1F. The van der Waals surface area contributed by atoms with Gasteiger partial charge in [0.2, 0.25) is 0 Å². The molecular weight excluding hydrogens is 310 g/mol. The van der Waals surface area contributed by atoms with Gasteiger partial charge in [0.05, 0.1) is 5.69 Å². The topological polar surface area (TPSA) is 48.1 Å². The van der Waals surface area contributed by atoms with Crippen LogP contribution in [0.25, 0.3) is 0 Å². The fourth-order valence-electron chi connectivity index (χ4n) is 1.18. The molecule has 0 saturated carbocycles. The molecule has 0 fully saturated rings. The summed E-state index contributed by atoms with van der Waals surface area (Å²) in [6, 6.07) is 5.95. The summed E-state index contributed by atoms with van der Waals surface area (Å²) in [5.41, 5.74) is 6.03. The van der Waals surface area contributed by atoms with Crippen molar-refractivity contribution in [2.75, 3.05) is 5.73 Å². The highest BCUT2D eigenvalue weighted by Crippen LogP contribution is 2.30. The minimum atomic E-state index is -0.584. The third-order valence-electron chi connectivity index (χ3n) is 1.96. The van der Waals surface area contributed by atoms with Gasteiger partial charge >= 0.3 is 0 Å². The van der Waals surface area contributed by atoms with Gasteiger partial charge in [0.15, 0.2) is 11.6 Å². The Morgan fingerprint density at radius 3 is 2.82 bits per heavy atom. The van der Waals surface area contributed by atoms with E-state index in [1.165, 1.54) is 18.3 Å². The standard InChI is InChI=1S/C11H7BrClFN2O/c12-6-3-8(14)11(16-5-6)17-10-4-7(13)1-2-9(10)15/h1-5H,15H2. The first-order chi connectivity index (χ1) is 8.06. The van der Waals surface area contributed by atoms with Crippen LogP contribution in [0.15, 0.2) is 34.9 Å². The van der Waals surface area contributed by atoms with E-state index in [-0.39, 0.29) is 11.6 Å². The molecule has 1 aromatic heterocycles. The van der Waals surface area contributed by atoms with Crippen LogP contribution in [0.4, 0.5) is 10.1 Å². The Kier molecular flexibility index (Phi) is 3.49. The number of ether oxygens (including phenoxy) is 1. The third-order valence-corrected chi connectivity index (χ3v) is 2.63. The number of aromatic nitrogens is 1. The Bertz CT molecular complexity index is 565. The Hall–Kier alpha value is -1.33. The summed E-state index contributed by atoms with van der Waals surface area (Å²) in [4.78, 5) is 3.80. The van der Waals surface area contributed by atoms with Crippen molar-refractivity contribution in [2.24, 2.45) is 0 Å². The molecule has 0 bridgehead atoms. The van der Waals surface area contributed by atoms with Crippen molar-refractivity contribution < 1.29 is 9.13 Å². The molecule has 0 saturated heterocycles. The summed E-state index contributed by atoms with van der Waals surface area (Å²) in [5, 5.41) is 0.451. The zero-order valence-electron chi connectivity index (χ0n) is 8.45. The van der Waals surface area contributed by atoms with Crippen molar-refractivity contribution >= 4 is 33.2 Å². The molecule has 2 rings (SSSR count). The van der Waals surface area contributed by atoms with Gasteiger partial charge in [-0.2, -0.15) is 0 Å². The molecule has 0 amide bonds. The normalized spacial score (nSPS) is 10.3. The zero-order chi connectivity index (χ0) is 12.4. The van der Waals surface area contributed by atoms with Crippen LogP contribution >= 0.6 is 27.5 Å². The third kappa shape index (κ3) is 2.87. The van der Waals surface area contributed by atoms with Gasteiger partial charge in [-0.1, -0.05) is 11.6 Å².